The molecule has 144 valence electrons. The van der Waals surface area contributed by atoms with Crippen LogP contribution in [0.3, 0.4) is 0 Å². The number of aliphatic hydroxyl groups excluding tert-OH is 1. The molecular weight excluding hydrogens is 358 g/mol. The summed E-state index contributed by atoms with van der Waals surface area (Å²) in [6.45, 7) is 7.62. The number of nitrogens with one attached hydrogen (secondary N) is 2. The molecule has 0 saturated carbocycles. The van der Waals surface area contributed by atoms with E-state index in [2.05, 4.69) is 27.5 Å². The molecule has 2 amide bonds. The van der Waals surface area contributed by atoms with Crippen LogP contribution in [-0.4, -0.2) is 62.2 Å². The van der Waals surface area contributed by atoms with Gasteiger partial charge in [-0.3, -0.25) is 9.59 Å². The predicted octanol–water partition coefficient (Wildman–Crippen LogP) is 0.383. The quantitative estimate of drug-likeness (QED) is 0.395. The SMILES string of the molecule is C=C(O)C1CSC(CC(=O)NCc2cn(CCOCCC)nn2)C(=O)N1. The molecule has 1 fully saturated rings. The van der Waals surface area contributed by atoms with Gasteiger partial charge in [0.1, 0.15) is 11.5 Å². The predicted molar refractivity (Wildman–Crippen MR) is 97.5 cm³/mol. The first-order valence-electron chi connectivity index (χ1n) is 8.52. The van der Waals surface area contributed by atoms with Crippen LogP contribution >= 0.6 is 11.8 Å². The first-order chi connectivity index (χ1) is 12.5. The summed E-state index contributed by atoms with van der Waals surface area (Å²) in [6, 6.07) is -0.455. The van der Waals surface area contributed by atoms with Gasteiger partial charge in [0, 0.05) is 18.8 Å². The highest BCUT2D eigenvalue weighted by Crippen LogP contribution is 2.22. The Hall–Kier alpha value is -2.07. The lowest BCUT2D eigenvalue weighted by molar-refractivity contribution is -0.126. The Morgan fingerprint density at radius 2 is 2.38 bits per heavy atom. The number of carbonyl (C=O) groups is 2. The number of ether oxygens (including phenoxy) is 1. The van der Waals surface area contributed by atoms with Gasteiger partial charge in [0.25, 0.3) is 0 Å². The number of nitrogens with zero attached hydrogens (tertiary/aromatic N) is 3. The number of amides is 2. The molecule has 2 unspecified atom stereocenters. The molecular formula is C16H25N5O4S. The van der Waals surface area contributed by atoms with Gasteiger partial charge in [0.05, 0.1) is 37.2 Å². The van der Waals surface area contributed by atoms with E-state index in [0.29, 0.717) is 24.6 Å². The minimum Gasteiger partial charge on any atom is -0.511 e. The second-order valence-electron chi connectivity index (χ2n) is 5.94. The van der Waals surface area contributed by atoms with E-state index in [9.17, 15) is 14.7 Å². The van der Waals surface area contributed by atoms with Crippen molar-refractivity contribution in [2.75, 3.05) is 19.0 Å². The van der Waals surface area contributed by atoms with Gasteiger partial charge in [0.15, 0.2) is 0 Å². The topological polar surface area (TPSA) is 118 Å². The van der Waals surface area contributed by atoms with Crippen LogP contribution in [0.4, 0.5) is 0 Å². The van der Waals surface area contributed by atoms with Crippen molar-refractivity contribution in [2.45, 2.75) is 44.1 Å². The summed E-state index contributed by atoms with van der Waals surface area (Å²) >= 11 is 1.34. The average molecular weight is 383 g/mol. The molecule has 1 aliphatic heterocycles. The third-order valence-electron chi connectivity index (χ3n) is 3.71. The molecule has 1 aliphatic rings. The van der Waals surface area contributed by atoms with Gasteiger partial charge < -0.3 is 20.5 Å². The first-order valence-corrected chi connectivity index (χ1v) is 9.57. The maximum Gasteiger partial charge on any atom is 0.234 e. The molecule has 1 aromatic heterocycles. The Kier molecular flexibility index (Phi) is 7.92. The zero-order chi connectivity index (χ0) is 18.9. The summed E-state index contributed by atoms with van der Waals surface area (Å²) in [4.78, 5) is 24.0. The van der Waals surface area contributed by atoms with E-state index in [0.717, 1.165) is 13.0 Å². The van der Waals surface area contributed by atoms with E-state index in [-0.39, 0.29) is 30.5 Å². The number of rotatable bonds is 10. The number of hydrogen-bond donors (Lipinski definition) is 3. The van der Waals surface area contributed by atoms with E-state index in [1.165, 1.54) is 11.8 Å². The number of carbonyl (C=O) groups excluding carboxylic acids is 2. The summed E-state index contributed by atoms with van der Waals surface area (Å²) in [5.74, 6) is -0.0840. The highest BCUT2D eigenvalue weighted by Gasteiger charge is 2.31. The molecule has 0 radical (unpaired) electrons. The zero-order valence-corrected chi connectivity index (χ0v) is 15.6. The lowest BCUT2D eigenvalue weighted by atomic mass is 10.2. The van der Waals surface area contributed by atoms with E-state index in [1.807, 2.05) is 6.92 Å². The summed E-state index contributed by atoms with van der Waals surface area (Å²) in [5, 5.41) is 22.2. The van der Waals surface area contributed by atoms with Gasteiger partial charge in [0.2, 0.25) is 11.8 Å². The molecule has 1 aromatic rings. The van der Waals surface area contributed by atoms with Crippen LogP contribution in [0.25, 0.3) is 0 Å². The molecule has 26 heavy (non-hydrogen) atoms. The fraction of sp³-hybridized carbons (Fsp3) is 0.625. The summed E-state index contributed by atoms with van der Waals surface area (Å²) in [5.41, 5.74) is 0.645. The van der Waals surface area contributed by atoms with E-state index < -0.39 is 11.3 Å². The number of aromatic nitrogens is 3. The van der Waals surface area contributed by atoms with Crippen molar-refractivity contribution < 1.29 is 19.4 Å². The minimum atomic E-state index is -0.475. The molecule has 10 heteroatoms. The maximum atomic E-state index is 12.0. The Morgan fingerprint density at radius 3 is 3.08 bits per heavy atom. The van der Waals surface area contributed by atoms with Crippen molar-refractivity contribution in [3.63, 3.8) is 0 Å². The van der Waals surface area contributed by atoms with Gasteiger partial charge in [-0.1, -0.05) is 18.7 Å². The average Bonchev–Trinajstić information content (AvgIpc) is 3.06. The monoisotopic (exact) mass is 383 g/mol. The zero-order valence-electron chi connectivity index (χ0n) is 14.8. The molecule has 1 saturated heterocycles. The molecule has 0 aromatic carbocycles. The van der Waals surface area contributed by atoms with Gasteiger partial charge in [-0.25, -0.2) is 4.68 Å². The summed E-state index contributed by atoms with van der Waals surface area (Å²) in [7, 11) is 0. The van der Waals surface area contributed by atoms with Crippen molar-refractivity contribution in [3.05, 3.63) is 24.2 Å². The third kappa shape index (κ3) is 6.34. The minimum absolute atomic E-state index is 0.0696. The maximum absolute atomic E-state index is 12.0. The van der Waals surface area contributed by atoms with Crippen LogP contribution in [0.15, 0.2) is 18.5 Å². The summed E-state index contributed by atoms with van der Waals surface area (Å²) in [6.07, 6.45) is 2.80. The highest BCUT2D eigenvalue weighted by molar-refractivity contribution is 8.00. The van der Waals surface area contributed by atoms with Crippen LogP contribution in [0.5, 0.6) is 0 Å². The van der Waals surface area contributed by atoms with Crippen LogP contribution in [0.1, 0.15) is 25.5 Å². The molecule has 0 spiro atoms. The first kappa shape index (κ1) is 20.2. The molecule has 2 heterocycles. The van der Waals surface area contributed by atoms with Gasteiger partial charge >= 0.3 is 0 Å². The van der Waals surface area contributed by atoms with Crippen LogP contribution < -0.4 is 10.6 Å². The fourth-order valence-corrected chi connectivity index (χ4v) is 3.48. The number of thioether (sulfide) groups is 1. The Balaban J connectivity index is 1.70. The van der Waals surface area contributed by atoms with Crippen molar-refractivity contribution >= 4 is 23.6 Å². The van der Waals surface area contributed by atoms with Gasteiger partial charge in [-0.2, -0.15) is 0 Å². The Morgan fingerprint density at radius 1 is 1.58 bits per heavy atom. The molecule has 2 atom stereocenters. The largest absolute Gasteiger partial charge is 0.511 e. The second kappa shape index (κ2) is 10.2. The molecule has 9 nitrogen and oxygen atoms in total. The third-order valence-corrected chi connectivity index (χ3v) is 5.02. The molecule has 0 bridgehead atoms. The standard InChI is InChI=1S/C16H25N5O4S/c1-3-5-25-6-4-21-9-12(19-20-21)8-17-15(23)7-14-16(24)18-13(10-26-14)11(2)22/h9,13-14,22H,2-8,10H2,1H3,(H,17,23)(H,18,24). The van der Waals surface area contributed by atoms with Crippen molar-refractivity contribution in [1.29, 1.82) is 0 Å². The molecule has 0 aliphatic carbocycles. The smallest absolute Gasteiger partial charge is 0.234 e. The van der Waals surface area contributed by atoms with Crippen LogP contribution in [0.2, 0.25) is 0 Å². The van der Waals surface area contributed by atoms with E-state index in [4.69, 9.17) is 4.74 Å². The van der Waals surface area contributed by atoms with Gasteiger partial charge in [-0.15, -0.1) is 16.9 Å². The highest BCUT2D eigenvalue weighted by atomic mass is 32.2. The van der Waals surface area contributed by atoms with Crippen LogP contribution in [0, 0.1) is 0 Å². The number of hydrogen-bond acceptors (Lipinski definition) is 7. The van der Waals surface area contributed by atoms with E-state index >= 15 is 0 Å². The summed E-state index contributed by atoms with van der Waals surface area (Å²) < 4.78 is 7.06. The fourth-order valence-electron chi connectivity index (χ4n) is 2.29. The Bertz CT molecular complexity index is 636. The van der Waals surface area contributed by atoms with Crippen molar-refractivity contribution in [2.24, 2.45) is 0 Å². The molecule has 2 rings (SSSR count). The number of aliphatic hydroxyl groups is 1. The van der Waals surface area contributed by atoms with Crippen LogP contribution in [-0.2, 0) is 27.4 Å². The normalized spacial score (nSPS) is 19.8. The Labute approximate surface area is 156 Å². The second-order valence-corrected chi connectivity index (χ2v) is 7.18. The lowest BCUT2D eigenvalue weighted by Crippen LogP contribution is -2.48. The van der Waals surface area contributed by atoms with Crippen molar-refractivity contribution in [3.8, 4) is 0 Å². The van der Waals surface area contributed by atoms with E-state index in [1.54, 1.807) is 10.9 Å². The van der Waals surface area contributed by atoms with Crippen molar-refractivity contribution in [1.82, 2.24) is 25.6 Å². The van der Waals surface area contributed by atoms with Gasteiger partial charge in [-0.05, 0) is 6.42 Å². The molecule has 3 N–H and O–H groups in total. The lowest BCUT2D eigenvalue weighted by Gasteiger charge is -2.27.